The average molecular weight is 291 g/mol. The lowest BCUT2D eigenvalue weighted by atomic mass is 9.85. The third-order valence-corrected chi connectivity index (χ3v) is 4.14. The average Bonchev–Trinajstić information content (AvgIpc) is 2.50. The summed E-state index contributed by atoms with van der Waals surface area (Å²) in [5.74, 6) is 0.169. The van der Waals surface area contributed by atoms with Crippen LogP contribution in [-0.4, -0.2) is 30.2 Å². The van der Waals surface area contributed by atoms with Crippen molar-refractivity contribution in [1.82, 2.24) is 5.32 Å². The zero-order valence-corrected chi connectivity index (χ0v) is 12.6. The van der Waals surface area contributed by atoms with E-state index < -0.39 is 0 Å². The van der Waals surface area contributed by atoms with Gasteiger partial charge in [-0.2, -0.15) is 0 Å². The fraction of sp³-hybridized carbons (Fsp3) is 0.562. The molecule has 0 heterocycles. The first-order valence-corrected chi connectivity index (χ1v) is 7.70. The van der Waals surface area contributed by atoms with Crippen molar-refractivity contribution in [3.63, 3.8) is 0 Å². The molecule has 116 valence electrons. The zero-order chi connectivity index (χ0) is 15.2. The maximum atomic E-state index is 11.8. The minimum Gasteiger partial charge on any atom is -0.397 e. The quantitative estimate of drug-likeness (QED) is 0.625. The van der Waals surface area contributed by atoms with Gasteiger partial charge in [-0.3, -0.25) is 4.79 Å². The number of nitrogens with one attached hydrogen (secondary N) is 2. The van der Waals surface area contributed by atoms with Crippen LogP contribution in [0.4, 0.5) is 11.4 Å². The number of hydrogen-bond acceptors (Lipinski definition) is 4. The van der Waals surface area contributed by atoms with Gasteiger partial charge in [0, 0.05) is 30.7 Å². The number of anilines is 2. The van der Waals surface area contributed by atoms with E-state index in [0.29, 0.717) is 17.8 Å². The number of amides is 1. The first kappa shape index (κ1) is 15.6. The van der Waals surface area contributed by atoms with Gasteiger partial charge in [0.15, 0.2) is 0 Å². The third kappa shape index (κ3) is 3.88. The van der Waals surface area contributed by atoms with Gasteiger partial charge in [0.2, 0.25) is 0 Å². The molecule has 0 spiro atoms. The van der Waals surface area contributed by atoms with Crippen LogP contribution in [0, 0.1) is 5.92 Å². The second-order valence-electron chi connectivity index (χ2n) is 5.64. The fourth-order valence-corrected chi connectivity index (χ4v) is 2.91. The van der Waals surface area contributed by atoms with Gasteiger partial charge < -0.3 is 21.5 Å². The zero-order valence-electron chi connectivity index (χ0n) is 12.6. The van der Waals surface area contributed by atoms with Crippen molar-refractivity contribution in [2.75, 3.05) is 24.2 Å². The maximum Gasteiger partial charge on any atom is 0.251 e. The van der Waals surface area contributed by atoms with Gasteiger partial charge >= 0.3 is 0 Å². The Bertz CT molecular complexity index is 490. The van der Waals surface area contributed by atoms with Gasteiger partial charge in [-0.25, -0.2) is 0 Å². The Kier molecular flexibility index (Phi) is 5.44. The highest BCUT2D eigenvalue weighted by molar-refractivity contribution is 5.96. The van der Waals surface area contributed by atoms with Gasteiger partial charge in [0.05, 0.1) is 11.4 Å². The van der Waals surface area contributed by atoms with Crippen molar-refractivity contribution in [2.24, 2.45) is 5.92 Å². The van der Waals surface area contributed by atoms with Crippen LogP contribution in [0.1, 0.15) is 43.0 Å². The predicted octanol–water partition coefficient (Wildman–Crippen LogP) is 1.98. The van der Waals surface area contributed by atoms with E-state index in [0.717, 1.165) is 18.5 Å². The normalized spacial score (nSPS) is 21.8. The van der Waals surface area contributed by atoms with Gasteiger partial charge in [0.25, 0.3) is 5.91 Å². The topological polar surface area (TPSA) is 87.4 Å². The lowest BCUT2D eigenvalue weighted by molar-refractivity contribution is 0.0956. The van der Waals surface area contributed by atoms with Gasteiger partial charge in [0.1, 0.15) is 0 Å². The number of rotatable bonds is 5. The van der Waals surface area contributed by atoms with Crippen LogP contribution in [-0.2, 0) is 0 Å². The number of carbonyl (C=O) groups excluding carboxylic acids is 1. The molecule has 1 amide bonds. The molecule has 1 aromatic carbocycles. The number of hydrogen-bond donors (Lipinski definition) is 4. The largest absolute Gasteiger partial charge is 0.397 e. The first-order valence-electron chi connectivity index (χ1n) is 7.70. The van der Waals surface area contributed by atoms with Crippen molar-refractivity contribution >= 4 is 17.3 Å². The Morgan fingerprint density at radius 2 is 2.14 bits per heavy atom. The fourth-order valence-electron chi connectivity index (χ4n) is 2.91. The molecule has 1 aliphatic carbocycles. The van der Waals surface area contributed by atoms with Crippen molar-refractivity contribution in [2.45, 2.75) is 38.6 Å². The summed E-state index contributed by atoms with van der Waals surface area (Å²) in [6, 6.07) is 5.58. The standard InChI is InChI=1S/C16H25N3O2/c1-2-18-16(21)11-7-8-15(13(17)9-11)19-14-6-4-3-5-12(14)10-20/h7-9,12,14,19-20H,2-6,10,17H2,1H3,(H,18,21). The van der Waals surface area contributed by atoms with Crippen LogP contribution >= 0.6 is 0 Å². The van der Waals surface area contributed by atoms with E-state index >= 15 is 0 Å². The van der Waals surface area contributed by atoms with E-state index in [1.54, 1.807) is 12.1 Å². The predicted molar refractivity (Wildman–Crippen MR) is 85.3 cm³/mol. The second kappa shape index (κ2) is 7.31. The SMILES string of the molecule is CCNC(=O)c1ccc(NC2CCCCC2CO)c(N)c1. The Labute approximate surface area is 125 Å². The van der Waals surface area contributed by atoms with E-state index in [2.05, 4.69) is 10.6 Å². The molecule has 1 saturated carbocycles. The molecule has 5 N–H and O–H groups in total. The van der Waals surface area contributed by atoms with E-state index in [4.69, 9.17) is 5.73 Å². The molecule has 1 fully saturated rings. The monoisotopic (exact) mass is 291 g/mol. The van der Waals surface area contributed by atoms with Crippen LogP contribution in [0.2, 0.25) is 0 Å². The first-order chi connectivity index (χ1) is 10.2. The van der Waals surface area contributed by atoms with E-state index in [9.17, 15) is 9.90 Å². The van der Waals surface area contributed by atoms with Crippen molar-refractivity contribution < 1.29 is 9.90 Å². The van der Waals surface area contributed by atoms with Crippen LogP contribution in [0.5, 0.6) is 0 Å². The summed E-state index contributed by atoms with van der Waals surface area (Å²) in [5.41, 5.74) is 8.04. The molecule has 5 nitrogen and oxygen atoms in total. The molecule has 0 aromatic heterocycles. The Morgan fingerprint density at radius 1 is 1.38 bits per heavy atom. The summed E-state index contributed by atoms with van der Waals surface area (Å²) in [6.07, 6.45) is 4.44. The lowest BCUT2D eigenvalue weighted by Gasteiger charge is -2.32. The van der Waals surface area contributed by atoms with Gasteiger partial charge in [-0.05, 0) is 38.0 Å². The van der Waals surface area contributed by atoms with Crippen molar-refractivity contribution in [3.8, 4) is 0 Å². The highest BCUT2D eigenvalue weighted by Crippen LogP contribution is 2.29. The molecule has 5 heteroatoms. The molecule has 0 radical (unpaired) electrons. The number of aliphatic hydroxyl groups excluding tert-OH is 1. The summed E-state index contributed by atoms with van der Waals surface area (Å²) in [7, 11) is 0. The number of carbonyl (C=O) groups is 1. The molecular weight excluding hydrogens is 266 g/mol. The van der Waals surface area contributed by atoms with Crippen molar-refractivity contribution in [3.05, 3.63) is 23.8 Å². The number of nitrogens with two attached hydrogens (primary N) is 1. The summed E-state index contributed by atoms with van der Waals surface area (Å²) in [4.78, 5) is 11.8. The van der Waals surface area contributed by atoms with E-state index in [1.165, 1.54) is 12.8 Å². The molecule has 2 atom stereocenters. The van der Waals surface area contributed by atoms with Gasteiger partial charge in [-0.1, -0.05) is 12.8 Å². The third-order valence-electron chi connectivity index (χ3n) is 4.14. The molecule has 0 bridgehead atoms. The smallest absolute Gasteiger partial charge is 0.251 e. The Balaban J connectivity index is 2.08. The number of aliphatic hydroxyl groups is 1. The van der Waals surface area contributed by atoms with Crippen LogP contribution < -0.4 is 16.4 Å². The molecule has 2 unspecified atom stereocenters. The molecule has 0 saturated heterocycles. The molecule has 0 aliphatic heterocycles. The highest BCUT2D eigenvalue weighted by Gasteiger charge is 2.24. The van der Waals surface area contributed by atoms with Crippen LogP contribution in [0.15, 0.2) is 18.2 Å². The van der Waals surface area contributed by atoms with E-state index in [-0.39, 0.29) is 24.5 Å². The van der Waals surface area contributed by atoms with Crippen LogP contribution in [0.25, 0.3) is 0 Å². The molecule has 21 heavy (non-hydrogen) atoms. The summed E-state index contributed by atoms with van der Waals surface area (Å²) < 4.78 is 0. The Morgan fingerprint density at radius 3 is 2.81 bits per heavy atom. The summed E-state index contributed by atoms with van der Waals surface area (Å²) >= 11 is 0. The van der Waals surface area contributed by atoms with E-state index in [1.807, 2.05) is 13.0 Å². The molecular formula is C16H25N3O2. The lowest BCUT2D eigenvalue weighted by Crippen LogP contribution is -2.34. The van der Waals surface area contributed by atoms with Crippen molar-refractivity contribution in [1.29, 1.82) is 0 Å². The maximum absolute atomic E-state index is 11.8. The Hall–Kier alpha value is -1.75. The molecule has 1 aliphatic rings. The summed E-state index contributed by atoms with van der Waals surface area (Å²) in [5, 5.41) is 15.7. The second-order valence-corrected chi connectivity index (χ2v) is 5.64. The summed E-state index contributed by atoms with van der Waals surface area (Å²) in [6.45, 7) is 2.68. The number of nitrogen functional groups attached to an aromatic ring is 1. The minimum absolute atomic E-state index is 0.110. The van der Waals surface area contributed by atoms with Crippen LogP contribution in [0.3, 0.4) is 0 Å². The minimum atomic E-state index is -0.110. The highest BCUT2D eigenvalue weighted by atomic mass is 16.3. The molecule has 2 rings (SSSR count). The molecule has 1 aromatic rings. The number of benzene rings is 1. The van der Waals surface area contributed by atoms with Gasteiger partial charge in [-0.15, -0.1) is 0 Å².